The van der Waals surface area contributed by atoms with E-state index in [1.165, 1.54) is 0 Å². The molecule has 0 spiro atoms. The molecule has 1 fully saturated rings. The molecule has 1 aliphatic rings. The van der Waals surface area contributed by atoms with Crippen molar-refractivity contribution in [3.8, 4) is 11.6 Å². The second kappa shape index (κ2) is 14.4. The third kappa shape index (κ3) is 7.42. The number of rotatable bonds is 11. The van der Waals surface area contributed by atoms with Crippen LogP contribution >= 0.6 is 23.2 Å². The molecular weight excluding hydrogens is 613 g/mol. The van der Waals surface area contributed by atoms with Crippen LogP contribution in [0.15, 0.2) is 66.7 Å². The Kier molecular flexibility index (Phi) is 10.6. The predicted octanol–water partition coefficient (Wildman–Crippen LogP) is 7.25. The Morgan fingerprint density at radius 1 is 1.11 bits per heavy atom. The third-order valence-corrected chi connectivity index (χ3v) is 9.11. The van der Waals surface area contributed by atoms with Gasteiger partial charge in [0.05, 0.1) is 36.4 Å². The molecule has 3 unspecified atom stereocenters. The molecule has 1 saturated carbocycles. The van der Waals surface area contributed by atoms with Crippen LogP contribution in [0, 0.1) is 5.92 Å². The summed E-state index contributed by atoms with van der Waals surface area (Å²) in [6.45, 7) is 3.45. The first-order chi connectivity index (χ1) is 21.6. The second-order valence-corrected chi connectivity index (χ2v) is 12.7. The number of fused-ring (bicyclic) bond motifs is 1. The summed E-state index contributed by atoms with van der Waals surface area (Å²) in [7, 11) is 5.69. The van der Waals surface area contributed by atoms with Gasteiger partial charge in [-0.2, -0.15) is 0 Å². The highest BCUT2D eigenvalue weighted by molar-refractivity contribution is 6.39. The molecule has 1 aliphatic carbocycles. The van der Waals surface area contributed by atoms with Gasteiger partial charge in [-0.25, -0.2) is 4.79 Å². The molecule has 1 aromatic heterocycles. The molecule has 0 amide bonds. The van der Waals surface area contributed by atoms with Gasteiger partial charge >= 0.3 is 6.16 Å². The summed E-state index contributed by atoms with van der Waals surface area (Å²) < 4.78 is 18.5. The predicted molar refractivity (Wildman–Crippen MR) is 179 cm³/mol. The number of nitrogens with one attached hydrogen (secondary N) is 1. The molecule has 10 heteroatoms. The molecule has 3 atom stereocenters. The van der Waals surface area contributed by atoms with E-state index in [0.717, 1.165) is 46.2 Å². The topological polar surface area (TPSA) is 85.2 Å². The van der Waals surface area contributed by atoms with E-state index in [-0.39, 0.29) is 18.6 Å². The average molecular weight is 655 g/mol. The van der Waals surface area contributed by atoms with Crippen molar-refractivity contribution >= 4 is 40.3 Å². The Morgan fingerprint density at radius 3 is 2.60 bits per heavy atom. The minimum absolute atomic E-state index is 0.0390. The second-order valence-electron chi connectivity index (χ2n) is 11.9. The van der Waals surface area contributed by atoms with Crippen molar-refractivity contribution in [3.63, 3.8) is 0 Å². The zero-order chi connectivity index (χ0) is 32.1. The summed E-state index contributed by atoms with van der Waals surface area (Å²) in [5.41, 5.74) is 2.39. The van der Waals surface area contributed by atoms with Gasteiger partial charge in [-0.05, 0) is 75.7 Å². The van der Waals surface area contributed by atoms with Gasteiger partial charge in [0.15, 0.2) is 0 Å². The summed E-state index contributed by atoms with van der Waals surface area (Å²) >= 11 is 13.3. The summed E-state index contributed by atoms with van der Waals surface area (Å²) in [6, 6.07) is 21.3. The summed E-state index contributed by atoms with van der Waals surface area (Å²) in [5, 5.41) is 17.5. The minimum atomic E-state index is -0.999. The van der Waals surface area contributed by atoms with Crippen molar-refractivity contribution in [1.82, 2.24) is 14.8 Å². The monoisotopic (exact) mass is 653 g/mol. The first kappa shape index (κ1) is 33.1. The van der Waals surface area contributed by atoms with E-state index in [1.54, 1.807) is 20.1 Å². The van der Waals surface area contributed by atoms with E-state index >= 15 is 0 Å². The van der Waals surface area contributed by atoms with Gasteiger partial charge in [0.25, 0.3) is 0 Å². The molecule has 0 saturated heterocycles. The van der Waals surface area contributed by atoms with Gasteiger partial charge < -0.3 is 34.1 Å². The fraction of sp³-hybridized carbons (Fsp3) is 0.400. The SMILES string of the molecule is CCOC(=O)Oc1c(CNC2CCC(O)(c3cccc(OC)c3)C(CN(C)C)C2)c2c(Cl)cc(Cl)cc2n1Cc1ccccc1. The van der Waals surface area contributed by atoms with Gasteiger partial charge in [-0.1, -0.05) is 65.7 Å². The molecule has 2 N–H and O–H groups in total. The lowest BCUT2D eigenvalue weighted by Gasteiger charge is -2.45. The molecule has 1 heterocycles. The number of methoxy groups -OCH3 is 1. The molecule has 45 heavy (non-hydrogen) atoms. The van der Waals surface area contributed by atoms with Crippen LogP contribution in [0.4, 0.5) is 4.79 Å². The maximum atomic E-state index is 12.7. The number of aromatic nitrogens is 1. The highest BCUT2D eigenvalue weighted by atomic mass is 35.5. The van der Waals surface area contributed by atoms with E-state index in [0.29, 0.717) is 42.0 Å². The van der Waals surface area contributed by atoms with Gasteiger partial charge in [0, 0.05) is 41.0 Å². The number of benzene rings is 3. The number of hydrogen-bond acceptors (Lipinski definition) is 7. The van der Waals surface area contributed by atoms with Crippen molar-refractivity contribution in [2.75, 3.05) is 34.4 Å². The largest absolute Gasteiger partial charge is 0.515 e. The molecule has 0 radical (unpaired) electrons. The zero-order valence-corrected chi connectivity index (χ0v) is 27.7. The molecule has 8 nitrogen and oxygen atoms in total. The average Bonchev–Trinajstić information content (AvgIpc) is 3.29. The molecule has 3 aromatic carbocycles. The normalized spacial score (nSPS) is 20.0. The Labute approximate surface area is 274 Å². The number of aliphatic hydroxyl groups is 1. The van der Waals surface area contributed by atoms with Crippen LogP contribution < -0.4 is 14.8 Å². The van der Waals surface area contributed by atoms with Crippen LogP contribution in [-0.4, -0.2) is 61.1 Å². The minimum Gasteiger partial charge on any atom is -0.497 e. The van der Waals surface area contributed by atoms with Crippen molar-refractivity contribution in [1.29, 1.82) is 0 Å². The summed E-state index contributed by atoms with van der Waals surface area (Å²) in [6.07, 6.45) is 1.27. The smallest absolute Gasteiger partial charge is 0.497 e. The van der Waals surface area contributed by atoms with Crippen LogP contribution in [0.2, 0.25) is 10.0 Å². The number of ether oxygens (including phenoxy) is 3. The molecule has 240 valence electrons. The summed E-state index contributed by atoms with van der Waals surface area (Å²) in [5.74, 6) is 1.04. The standard InChI is InChI=1S/C35H41Cl2N3O5/c1-5-44-34(41)45-33-29(32-30(37)18-26(36)19-31(32)40(33)21-23-10-7-6-8-11-23)20-38-27-14-15-35(42,25(16-27)22-39(2)3)24-12-9-13-28(17-24)43-4/h6-13,17-19,25,27,38,42H,5,14-16,20-22H2,1-4H3. The van der Waals surface area contributed by atoms with Crippen molar-refractivity contribution in [2.24, 2.45) is 5.92 Å². The van der Waals surface area contributed by atoms with Crippen LogP contribution in [0.3, 0.4) is 0 Å². The van der Waals surface area contributed by atoms with Crippen molar-refractivity contribution < 1.29 is 24.1 Å². The molecule has 0 bridgehead atoms. The van der Waals surface area contributed by atoms with E-state index in [4.69, 9.17) is 37.4 Å². The third-order valence-electron chi connectivity index (χ3n) is 8.60. The van der Waals surface area contributed by atoms with E-state index < -0.39 is 11.8 Å². The fourth-order valence-electron chi connectivity index (χ4n) is 6.51. The fourth-order valence-corrected chi connectivity index (χ4v) is 7.10. The Bertz CT molecular complexity index is 1630. The number of halogens is 2. The highest BCUT2D eigenvalue weighted by Gasteiger charge is 2.43. The number of carbonyl (C=O) groups is 1. The first-order valence-corrected chi connectivity index (χ1v) is 16.0. The number of nitrogens with zero attached hydrogens (tertiary/aromatic N) is 2. The van der Waals surface area contributed by atoms with E-state index in [9.17, 15) is 9.90 Å². The van der Waals surface area contributed by atoms with Gasteiger partial charge in [-0.15, -0.1) is 0 Å². The number of hydrogen-bond donors (Lipinski definition) is 2. The summed E-state index contributed by atoms with van der Waals surface area (Å²) in [4.78, 5) is 14.8. The molecular formula is C35H41Cl2N3O5. The lowest BCUT2D eigenvalue weighted by atomic mass is 9.69. The van der Waals surface area contributed by atoms with Crippen LogP contribution in [0.5, 0.6) is 11.6 Å². The van der Waals surface area contributed by atoms with Crippen molar-refractivity contribution in [2.45, 2.75) is 50.9 Å². The lowest BCUT2D eigenvalue weighted by molar-refractivity contribution is -0.0694. The van der Waals surface area contributed by atoms with Crippen LogP contribution in [0.1, 0.15) is 42.9 Å². The maximum Gasteiger partial charge on any atom is 0.515 e. The van der Waals surface area contributed by atoms with Crippen LogP contribution in [0.25, 0.3) is 10.9 Å². The Balaban J connectivity index is 1.48. The quantitative estimate of drug-likeness (QED) is 0.165. The molecule has 0 aliphatic heterocycles. The molecule has 5 rings (SSSR count). The Hall–Kier alpha value is -3.27. The van der Waals surface area contributed by atoms with Gasteiger partial charge in [0.2, 0.25) is 5.88 Å². The van der Waals surface area contributed by atoms with E-state index in [1.807, 2.05) is 79.3 Å². The Morgan fingerprint density at radius 2 is 1.89 bits per heavy atom. The van der Waals surface area contributed by atoms with Crippen LogP contribution in [-0.2, 0) is 23.4 Å². The maximum absolute atomic E-state index is 12.7. The van der Waals surface area contributed by atoms with Gasteiger partial charge in [-0.3, -0.25) is 0 Å². The molecule has 4 aromatic rings. The van der Waals surface area contributed by atoms with Gasteiger partial charge in [0.1, 0.15) is 5.75 Å². The lowest BCUT2D eigenvalue weighted by Crippen LogP contribution is -2.49. The number of carbonyl (C=O) groups excluding carboxylic acids is 1. The first-order valence-electron chi connectivity index (χ1n) is 15.3. The zero-order valence-electron chi connectivity index (χ0n) is 26.2. The highest BCUT2D eigenvalue weighted by Crippen LogP contribution is 2.44. The van der Waals surface area contributed by atoms with E-state index in [2.05, 4.69) is 10.2 Å². The van der Waals surface area contributed by atoms with Crippen molar-refractivity contribution in [3.05, 3.63) is 93.5 Å².